The monoisotopic (exact) mass is 401 g/mol. The van der Waals surface area contributed by atoms with Gasteiger partial charge in [0.15, 0.2) is 11.4 Å². The van der Waals surface area contributed by atoms with Gasteiger partial charge in [0, 0.05) is 6.07 Å². The molecule has 0 saturated heterocycles. The van der Waals surface area contributed by atoms with Gasteiger partial charge in [-0.05, 0) is 24.3 Å². The van der Waals surface area contributed by atoms with E-state index in [1.165, 1.54) is 0 Å². The molecule has 0 unspecified atom stereocenters. The first kappa shape index (κ1) is 19.0. The van der Waals surface area contributed by atoms with E-state index < -0.39 is 30.5 Å². The number of oxazole rings is 1. The third kappa shape index (κ3) is 4.91. The third-order valence-corrected chi connectivity index (χ3v) is 4.12. The van der Waals surface area contributed by atoms with Crippen molar-refractivity contribution in [3.05, 3.63) is 48.0 Å². The fourth-order valence-corrected chi connectivity index (χ4v) is 2.94. The standard InChI is InChI=1S/C17H11F4NO4S/c18-15(19)24-9-5-6-10(14(7-9)25-16(20)21)12(23)8-27-17-22-11-3-1-2-4-13(11)26-17/h1-7,15-16H,8H2. The fourth-order valence-electron chi connectivity index (χ4n) is 2.22. The molecule has 0 N–H and O–H groups in total. The number of benzene rings is 2. The van der Waals surface area contributed by atoms with Crippen molar-refractivity contribution in [2.45, 2.75) is 18.4 Å². The number of nitrogens with zero attached hydrogens (tertiary/aromatic N) is 1. The molecule has 1 aromatic heterocycles. The van der Waals surface area contributed by atoms with Gasteiger partial charge in [0.1, 0.15) is 17.0 Å². The van der Waals surface area contributed by atoms with Crippen LogP contribution in [0.4, 0.5) is 17.6 Å². The molecule has 0 aliphatic heterocycles. The van der Waals surface area contributed by atoms with Crippen LogP contribution in [0, 0.1) is 0 Å². The molecule has 3 rings (SSSR count). The summed E-state index contributed by atoms with van der Waals surface area (Å²) in [5.41, 5.74) is 0.964. The van der Waals surface area contributed by atoms with Gasteiger partial charge >= 0.3 is 13.2 Å². The fraction of sp³-hybridized carbons (Fsp3) is 0.176. The van der Waals surface area contributed by atoms with Crippen molar-refractivity contribution in [2.24, 2.45) is 0 Å². The first-order valence-corrected chi connectivity index (χ1v) is 8.46. The molecule has 142 valence electrons. The van der Waals surface area contributed by atoms with Gasteiger partial charge in [-0.2, -0.15) is 17.6 Å². The average Bonchev–Trinajstić information content (AvgIpc) is 3.02. The van der Waals surface area contributed by atoms with Crippen LogP contribution < -0.4 is 9.47 Å². The van der Waals surface area contributed by atoms with Gasteiger partial charge in [-0.15, -0.1) is 0 Å². The summed E-state index contributed by atoms with van der Waals surface area (Å²) >= 11 is 0.970. The van der Waals surface area contributed by atoms with E-state index in [-0.39, 0.29) is 16.5 Å². The minimum absolute atomic E-state index is 0.179. The van der Waals surface area contributed by atoms with Crippen molar-refractivity contribution in [1.29, 1.82) is 0 Å². The van der Waals surface area contributed by atoms with Crippen molar-refractivity contribution in [3.63, 3.8) is 0 Å². The summed E-state index contributed by atoms with van der Waals surface area (Å²) in [5, 5.41) is 0.235. The lowest BCUT2D eigenvalue weighted by atomic mass is 10.1. The molecule has 0 amide bonds. The van der Waals surface area contributed by atoms with E-state index in [0.717, 1.165) is 30.0 Å². The molecule has 0 bridgehead atoms. The number of carbonyl (C=O) groups excluding carboxylic acids is 1. The van der Waals surface area contributed by atoms with Crippen LogP contribution in [0.15, 0.2) is 52.1 Å². The molecule has 3 aromatic rings. The van der Waals surface area contributed by atoms with E-state index in [4.69, 9.17) is 4.42 Å². The van der Waals surface area contributed by atoms with Crippen LogP contribution in [0.1, 0.15) is 10.4 Å². The van der Waals surface area contributed by atoms with Crippen molar-refractivity contribution in [2.75, 3.05) is 5.75 Å². The van der Waals surface area contributed by atoms with Gasteiger partial charge in [-0.1, -0.05) is 23.9 Å². The number of thioether (sulfide) groups is 1. The Labute approximate surface area is 154 Å². The Kier molecular flexibility index (Phi) is 5.84. The number of rotatable bonds is 8. The van der Waals surface area contributed by atoms with Crippen LogP contribution in [0.25, 0.3) is 11.1 Å². The minimum Gasteiger partial charge on any atom is -0.435 e. The highest BCUT2D eigenvalue weighted by Gasteiger charge is 2.19. The Morgan fingerprint density at radius 3 is 2.52 bits per heavy atom. The van der Waals surface area contributed by atoms with Crippen LogP contribution >= 0.6 is 11.8 Å². The first-order chi connectivity index (χ1) is 12.9. The number of carbonyl (C=O) groups is 1. The number of aromatic nitrogens is 1. The van der Waals surface area contributed by atoms with Crippen LogP contribution in [0.5, 0.6) is 11.5 Å². The number of hydrogen-bond acceptors (Lipinski definition) is 6. The van der Waals surface area contributed by atoms with Crippen molar-refractivity contribution in [3.8, 4) is 11.5 Å². The largest absolute Gasteiger partial charge is 0.435 e. The van der Waals surface area contributed by atoms with Gasteiger partial charge in [0.25, 0.3) is 5.22 Å². The van der Waals surface area contributed by atoms with Crippen LogP contribution in [-0.4, -0.2) is 29.7 Å². The quantitative estimate of drug-likeness (QED) is 0.301. The topological polar surface area (TPSA) is 61.6 Å². The van der Waals surface area contributed by atoms with Crippen LogP contribution in [0.2, 0.25) is 0 Å². The molecular formula is C17H11F4NO4S. The number of para-hydroxylation sites is 2. The molecule has 5 nitrogen and oxygen atoms in total. The second-order valence-corrected chi connectivity index (χ2v) is 6.00. The van der Waals surface area contributed by atoms with Crippen LogP contribution in [0.3, 0.4) is 0 Å². The molecule has 0 radical (unpaired) electrons. The zero-order valence-electron chi connectivity index (χ0n) is 13.4. The van der Waals surface area contributed by atoms with E-state index in [1.54, 1.807) is 24.3 Å². The normalized spacial score (nSPS) is 11.3. The molecule has 0 spiro atoms. The minimum atomic E-state index is -3.23. The smallest absolute Gasteiger partial charge is 0.387 e. The molecular weight excluding hydrogens is 390 g/mol. The highest BCUT2D eigenvalue weighted by Crippen LogP contribution is 2.30. The molecule has 10 heteroatoms. The Balaban J connectivity index is 1.75. The number of ether oxygens (including phenoxy) is 2. The van der Waals surface area contributed by atoms with Gasteiger partial charge in [0.2, 0.25) is 0 Å². The van der Waals surface area contributed by atoms with Crippen molar-refractivity contribution in [1.82, 2.24) is 4.98 Å². The molecule has 0 aliphatic rings. The predicted octanol–water partition coefficient (Wildman–Crippen LogP) is 5.01. The third-order valence-electron chi connectivity index (χ3n) is 3.30. The number of ketones is 1. The van der Waals surface area contributed by atoms with Crippen molar-refractivity contribution < 1.29 is 36.2 Å². The van der Waals surface area contributed by atoms with Crippen LogP contribution in [-0.2, 0) is 0 Å². The SMILES string of the molecule is O=C(CSc1nc2ccccc2o1)c1ccc(OC(F)F)cc1OC(F)F. The van der Waals surface area contributed by atoms with E-state index in [0.29, 0.717) is 11.1 Å². The predicted molar refractivity (Wildman–Crippen MR) is 88.8 cm³/mol. The summed E-state index contributed by atoms with van der Waals surface area (Å²) in [7, 11) is 0. The summed E-state index contributed by atoms with van der Waals surface area (Å²) in [6.07, 6.45) is 0. The molecule has 0 aliphatic carbocycles. The van der Waals surface area contributed by atoms with Gasteiger partial charge < -0.3 is 13.9 Å². The maximum atomic E-state index is 12.6. The highest BCUT2D eigenvalue weighted by atomic mass is 32.2. The van der Waals surface area contributed by atoms with Gasteiger partial charge in [0.05, 0.1) is 11.3 Å². The number of Topliss-reactive ketones (excluding diaryl/α,β-unsaturated/α-hetero) is 1. The van der Waals surface area contributed by atoms with E-state index in [2.05, 4.69) is 14.5 Å². The Morgan fingerprint density at radius 2 is 1.81 bits per heavy atom. The summed E-state index contributed by atoms with van der Waals surface area (Å²) < 4.78 is 63.5. The lowest BCUT2D eigenvalue weighted by molar-refractivity contribution is -0.0544. The maximum Gasteiger partial charge on any atom is 0.387 e. The van der Waals surface area contributed by atoms with E-state index in [9.17, 15) is 22.4 Å². The number of fused-ring (bicyclic) bond motifs is 1. The summed E-state index contributed by atoms with van der Waals surface area (Å²) in [6, 6.07) is 9.97. The van der Waals surface area contributed by atoms with Gasteiger partial charge in [-0.25, -0.2) is 4.98 Å². The zero-order valence-corrected chi connectivity index (χ0v) is 14.2. The second kappa shape index (κ2) is 8.30. The Hall–Kier alpha value is -2.75. The summed E-state index contributed by atoms with van der Waals surface area (Å²) in [5.74, 6) is -1.70. The molecule has 0 atom stereocenters. The van der Waals surface area contributed by atoms with Gasteiger partial charge in [-0.3, -0.25) is 4.79 Å². The van der Waals surface area contributed by atoms with Crippen molar-refractivity contribution >= 4 is 28.6 Å². The zero-order chi connectivity index (χ0) is 19.4. The first-order valence-electron chi connectivity index (χ1n) is 7.47. The highest BCUT2D eigenvalue weighted by molar-refractivity contribution is 7.99. The molecule has 0 saturated carbocycles. The molecule has 27 heavy (non-hydrogen) atoms. The maximum absolute atomic E-state index is 12.6. The lowest BCUT2D eigenvalue weighted by Crippen LogP contribution is -2.10. The Bertz CT molecular complexity index is 915. The molecule has 1 heterocycles. The van der Waals surface area contributed by atoms with E-state index in [1.807, 2.05) is 0 Å². The number of alkyl halides is 4. The number of halogens is 4. The second-order valence-electron chi connectivity index (χ2n) is 5.07. The summed E-state index contributed by atoms with van der Waals surface area (Å²) in [4.78, 5) is 16.6. The average molecular weight is 401 g/mol. The summed E-state index contributed by atoms with van der Waals surface area (Å²) in [6.45, 7) is -6.37. The molecule has 2 aromatic carbocycles. The Morgan fingerprint density at radius 1 is 1.07 bits per heavy atom. The number of hydrogen-bond donors (Lipinski definition) is 0. The molecule has 0 fully saturated rings. The van der Waals surface area contributed by atoms with E-state index >= 15 is 0 Å². The lowest BCUT2D eigenvalue weighted by Gasteiger charge is -2.12.